The molecule has 0 amide bonds. The minimum Gasteiger partial charge on any atom is -0.290 e. The molecule has 0 unspecified atom stereocenters. The van der Waals surface area contributed by atoms with E-state index in [2.05, 4.69) is 0 Å². The van der Waals surface area contributed by atoms with Gasteiger partial charge in [-0.05, 0) is 37.1 Å². The van der Waals surface area contributed by atoms with Gasteiger partial charge in [0.1, 0.15) is 0 Å². The number of carbonyl (C=O) groups is 1. The highest BCUT2D eigenvalue weighted by Gasteiger charge is 2.04. The fourth-order valence-corrected chi connectivity index (χ4v) is 0.696. The van der Waals surface area contributed by atoms with E-state index in [1.54, 1.807) is 12.2 Å². The first kappa shape index (κ1) is 5.29. The van der Waals surface area contributed by atoms with Crippen LogP contribution in [0.2, 0.25) is 0 Å². The van der Waals surface area contributed by atoms with Crippen molar-refractivity contribution >= 4 is 5.78 Å². The van der Waals surface area contributed by atoms with E-state index in [1.165, 1.54) is 0 Å². The molecular formula is C7H8O. The van der Waals surface area contributed by atoms with Crippen molar-refractivity contribution in [1.29, 1.82) is 0 Å². The maximum Gasteiger partial charge on any atom is 0.179 e. The van der Waals surface area contributed by atoms with E-state index >= 15 is 0 Å². The van der Waals surface area contributed by atoms with E-state index in [1.807, 2.05) is 13.8 Å². The average Bonchev–Trinajstić information content (AvgIpc) is 1.85. The number of hydrogen-bond acceptors (Lipinski definition) is 1. The minimum atomic E-state index is 0.125. The third-order valence-corrected chi connectivity index (χ3v) is 1.34. The first-order chi connectivity index (χ1) is 3.70. The molecule has 0 saturated carbocycles. The molecule has 0 spiro atoms. The standard InChI is InChI=1S/C7H8O/c1-5-3-7(8)4-6(5)2/h3-4H,1-2H3. The van der Waals surface area contributed by atoms with E-state index in [0.717, 1.165) is 11.1 Å². The van der Waals surface area contributed by atoms with Crippen LogP contribution in [0.5, 0.6) is 0 Å². The lowest BCUT2D eigenvalue weighted by Crippen LogP contribution is -1.76. The zero-order valence-electron chi connectivity index (χ0n) is 5.06. The van der Waals surface area contributed by atoms with E-state index < -0.39 is 0 Å². The van der Waals surface area contributed by atoms with Crippen molar-refractivity contribution < 1.29 is 4.79 Å². The molecule has 0 radical (unpaired) electrons. The van der Waals surface area contributed by atoms with Crippen molar-refractivity contribution in [2.45, 2.75) is 13.8 Å². The lowest BCUT2D eigenvalue weighted by Gasteiger charge is -1.86. The molecule has 0 aliphatic heterocycles. The van der Waals surface area contributed by atoms with Gasteiger partial charge in [-0.2, -0.15) is 0 Å². The van der Waals surface area contributed by atoms with Gasteiger partial charge in [-0.15, -0.1) is 0 Å². The molecule has 0 fully saturated rings. The smallest absolute Gasteiger partial charge is 0.179 e. The molecule has 0 N–H and O–H groups in total. The Morgan fingerprint density at radius 2 is 1.50 bits per heavy atom. The van der Waals surface area contributed by atoms with Crippen LogP contribution in [0, 0.1) is 0 Å². The van der Waals surface area contributed by atoms with Crippen LogP contribution in [-0.2, 0) is 4.79 Å². The number of ketones is 1. The van der Waals surface area contributed by atoms with Crippen molar-refractivity contribution in [3.8, 4) is 0 Å². The van der Waals surface area contributed by atoms with Gasteiger partial charge in [0.15, 0.2) is 5.78 Å². The van der Waals surface area contributed by atoms with Crippen molar-refractivity contribution in [3.05, 3.63) is 23.3 Å². The highest BCUT2D eigenvalue weighted by molar-refractivity contribution is 6.04. The zero-order valence-corrected chi connectivity index (χ0v) is 5.06. The Hall–Kier alpha value is -0.850. The summed E-state index contributed by atoms with van der Waals surface area (Å²) in [5.41, 5.74) is 2.19. The molecule has 0 bridgehead atoms. The molecule has 0 atom stereocenters. The van der Waals surface area contributed by atoms with Crippen LogP contribution in [0.1, 0.15) is 13.8 Å². The summed E-state index contributed by atoms with van der Waals surface area (Å²) in [4.78, 5) is 10.5. The normalized spacial score (nSPS) is 18.5. The van der Waals surface area contributed by atoms with Crippen LogP contribution in [-0.4, -0.2) is 5.78 Å². The summed E-state index contributed by atoms with van der Waals surface area (Å²) >= 11 is 0. The van der Waals surface area contributed by atoms with Crippen LogP contribution >= 0.6 is 0 Å². The monoisotopic (exact) mass is 108 g/mol. The molecule has 0 aromatic heterocycles. The maximum atomic E-state index is 10.5. The Balaban J connectivity index is 2.98. The predicted molar refractivity (Wildman–Crippen MR) is 32.5 cm³/mol. The summed E-state index contributed by atoms with van der Waals surface area (Å²) in [6, 6.07) is 0. The average molecular weight is 108 g/mol. The quantitative estimate of drug-likeness (QED) is 0.459. The van der Waals surface area contributed by atoms with E-state index in [9.17, 15) is 4.79 Å². The second kappa shape index (κ2) is 1.58. The first-order valence-electron chi connectivity index (χ1n) is 2.61. The van der Waals surface area contributed by atoms with Crippen molar-refractivity contribution in [1.82, 2.24) is 0 Å². The maximum absolute atomic E-state index is 10.5. The van der Waals surface area contributed by atoms with Gasteiger partial charge < -0.3 is 0 Å². The van der Waals surface area contributed by atoms with Crippen LogP contribution in [0.15, 0.2) is 23.3 Å². The lowest BCUT2D eigenvalue weighted by molar-refractivity contribution is -0.110. The predicted octanol–water partition coefficient (Wildman–Crippen LogP) is 1.46. The van der Waals surface area contributed by atoms with Gasteiger partial charge in [-0.3, -0.25) is 4.79 Å². The Kier molecular flexibility index (Phi) is 1.05. The second-order valence-electron chi connectivity index (χ2n) is 2.06. The SMILES string of the molecule is CC1=CC(=O)C=C1C. The summed E-state index contributed by atoms with van der Waals surface area (Å²) in [6.45, 7) is 3.88. The van der Waals surface area contributed by atoms with Gasteiger partial charge in [-0.25, -0.2) is 0 Å². The fraction of sp³-hybridized carbons (Fsp3) is 0.286. The van der Waals surface area contributed by atoms with Crippen LogP contribution < -0.4 is 0 Å². The van der Waals surface area contributed by atoms with Crippen molar-refractivity contribution in [2.75, 3.05) is 0 Å². The molecule has 1 aliphatic carbocycles. The summed E-state index contributed by atoms with van der Waals surface area (Å²) in [7, 11) is 0. The molecular weight excluding hydrogens is 100 g/mol. The number of hydrogen-bond donors (Lipinski definition) is 0. The number of carbonyl (C=O) groups excluding carboxylic acids is 1. The van der Waals surface area contributed by atoms with Gasteiger partial charge in [0.25, 0.3) is 0 Å². The Bertz CT molecular complexity index is 165. The highest BCUT2D eigenvalue weighted by Crippen LogP contribution is 2.13. The van der Waals surface area contributed by atoms with E-state index in [0.29, 0.717) is 0 Å². The zero-order chi connectivity index (χ0) is 6.15. The first-order valence-corrected chi connectivity index (χ1v) is 2.61. The summed E-state index contributed by atoms with van der Waals surface area (Å²) in [5, 5.41) is 0. The van der Waals surface area contributed by atoms with Gasteiger partial charge in [0, 0.05) is 0 Å². The molecule has 0 aromatic rings. The van der Waals surface area contributed by atoms with Crippen molar-refractivity contribution in [2.24, 2.45) is 0 Å². The Morgan fingerprint density at radius 3 is 1.62 bits per heavy atom. The molecule has 1 heteroatoms. The van der Waals surface area contributed by atoms with Crippen LogP contribution in [0.3, 0.4) is 0 Å². The summed E-state index contributed by atoms with van der Waals surface area (Å²) in [5.74, 6) is 0.125. The summed E-state index contributed by atoms with van der Waals surface area (Å²) < 4.78 is 0. The van der Waals surface area contributed by atoms with Crippen molar-refractivity contribution in [3.63, 3.8) is 0 Å². The topological polar surface area (TPSA) is 17.1 Å². The fourth-order valence-electron chi connectivity index (χ4n) is 0.696. The van der Waals surface area contributed by atoms with Gasteiger partial charge in [0.2, 0.25) is 0 Å². The molecule has 0 heterocycles. The molecule has 0 saturated heterocycles. The van der Waals surface area contributed by atoms with E-state index in [4.69, 9.17) is 0 Å². The van der Waals surface area contributed by atoms with Gasteiger partial charge in [-0.1, -0.05) is 0 Å². The Morgan fingerprint density at radius 1 is 1.12 bits per heavy atom. The molecule has 1 aliphatic rings. The van der Waals surface area contributed by atoms with Crippen LogP contribution in [0.4, 0.5) is 0 Å². The number of allylic oxidation sites excluding steroid dienone is 4. The van der Waals surface area contributed by atoms with Gasteiger partial charge in [0.05, 0.1) is 0 Å². The van der Waals surface area contributed by atoms with Gasteiger partial charge >= 0.3 is 0 Å². The minimum absolute atomic E-state index is 0.125. The molecule has 8 heavy (non-hydrogen) atoms. The molecule has 1 rings (SSSR count). The lowest BCUT2D eigenvalue weighted by atomic mass is 10.2. The molecule has 1 nitrogen and oxygen atoms in total. The summed E-state index contributed by atoms with van der Waals surface area (Å²) in [6.07, 6.45) is 3.30. The molecule has 42 valence electrons. The number of rotatable bonds is 0. The third-order valence-electron chi connectivity index (χ3n) is 1.34. The third kappa shape index (κ3) is 0.713. The van der Waals surface area contributed by atoms with E-state index in [-0.39, 0.29) is 5.78 Å². The highest BCUT2D eigenvalue weighted by atomic mass is 16.1. The second-order valence-corrected chi connectivity index (χ2v) is 2.06. The van der Waals surface area contributed by atoms with Crippen LogP contribution in [0.25, 0.3) is 0 Å². The largest absolute Gasteiger partial charge is 0.290 e. The molecule has 0 aromatic carbocycles. The Labute approximate surface area is 48.7 Å².